The molecule has 0 radical (unpaired) electrons. The average Bonchev–Trinajstić information content (AvgIpc) is 2.83. The summed E-state index contributed by atoms with van der Waals surface area (Å²) in [7, 11) is 0. The van der Waals surface area contributed by atoms with E-state index in [4.69, 9.17) is 16.3 Å². The standard InChI is InChI=1S/C14H18ClNO/c1-2-8-16-14(13-7-4-9-17-13)11-5-3-6-12(15)10-11/h3,5-7,10,14,16H,2,4,8-9H2,1H3. The third-order valence-corrected chi connectivity index (χ3v) is 3.03. The lowest BCUT2D eigenvalue weighted by molar-refractivity contribution is 0.215. The van der Waals surface area contributed by atoms with E-state index in [0.717, 1.165) is 36.8 Å². The van der Waals surface area contributed by atoms with Crippen LogP contribution in [0.1, 0.15) is 31.4 Å². The molecule has 1 unspecified atom stereocenters. The van der Waals surface area contributed by atoms with Crippen molar-refractivity contribution in [3.05, 3.63) is 46.7 Å². The molecular weight excluding hydrogens is 234 g/mol. The van der Waals surface area contributed by atoms with Crippen molar-refractivity contribution in [1.82, 2.24) is 5.32 Å². The molecule has 92 valence electrons. The van der Waals surface area contributed by atoms with Gasteiger partial charge in [0.15, 0.2) is 0 Å². The molecule has 0 aromatic heterocycles. The van der Waals surface area contributed by atoms with Gasteiger partial charge in [-0.1, -0.05) is 30.7 Å². The topological polar surface area (TPSA) is 21.3 Å². The minimum Gasteiger partial charge on any atom is -0.496 e. The smallest absolute Gasteiger partial charge is 0.114 e. The SMILES string of the molecule is CCCNC(C1=CCCO1)c1cccc(Cl)c1. The third-order valence-electron chi connectivity index (χ3n) is 2.80. The number of nitrogens with one attached hydrogen (secondary N) is 1. The highest BCUT2D eigenvalue weighted by molar-refractivity contribution is 6.30. The molecule has 0 amide bonds. The summed E-state index contributed by atoms with van der Waals surface area (Å²) in [5.41, 5.74) is 1.17. The van der Waals surface area contributed by atoms with E-state index in [0.29, 0.717) is 0 Å². The summed E-state index contributed by atoms with van der Waals surface area (Å²) in [6, 6.07) is 8.09. The highest BCUT2D eigenvalue weighted by atomic mass is 35.5. The van der Waals surface area contributed by atoms with Crippen molar-refractivity contribution in [2.24, 2.45) is 0 Å². The van der Waals surface area contributed by atoms with Crippen LogP contribution in [0.4, 0.5) is 0 Å². The van der Waals surface area contributed by atoms with Crippen LogP contribution in [0.15, 0.2) is 36.1 Å². The predicted molar refractivity (Wildman–Crippen MR) is 71.1 cm³/mol. The van der Waals surface area contributed by atoms with Crippen molar-refractivity contribution < 1.29 is 4.74 Å². The molecule has 1 aliphatic rings. The number of ether oxygens (including phenoxy) is 1. The minimum atomic E-state index is 0.135. The molecule has 2 nitrogen and oxygen atoms in total. The van der Waals surface area contributed by atoms with Crippen molar-refractivity contribution in [3.8, 4) is 0 Å². The molecule has 0 fully saturated rings. The van der Waals surface area contributed by atoms with E-state index in [1.54, 1.807) is 0 Å². The maximum Gasteiger partial charge on any atom is 0.114 e. The molecule has 1 heterocycles. The van der Waals surface area contributed by atoms with Crippen molar-refractivity contribution in [2.75, 3.05) is 13.2 Å². The Morgan fingerprint density at radius 3 is 3.00 bits per heavy atom. The Kier molecular flexibility index (Phi) is 4.46. The number of halogens is 1. The summed E-state index contributed by atoms with van der Waals surface area (Å²) in [5.74, 6) is 1.03. The summed E-state index contributed by atoms with van der Waals surface area (Å²) in [6.45, 7) is 3.92. The van der Waals surface area contributed by atoms with Crippen LogP contribution in [0.2, 0.25) is 5.02 Å². The molecule has 17 heavy (non-hydrogen) atoms. The van der Waals surface area contributed by atoms with Crippen LogP contribution >= 0.6 is 11.6 Å². The number of benzene rings is 1. The first kappa shape index (κ1) is 12.5. The normalized spacial score (nSPS) is 16.5. The van der Waals surface area contributed by atoms with Crippen LogP contribution in [0, 0.1) is 0 Å². The Balaban J connectivity index is 2.19. The summed E-state index contributed by atoms with van der Waals surface area (Å²) < 4.78 is 5.66. The van der Waals surface area contributed by atoms with E-state index in [-0.39, 0.29) is 6.04 Å². The summed E-state index contributed by atoms with van der Waals surface area (Å²) in [5, 5.41) is 4.27. The van der Waals surface area contributed by atoms with Crippen LogP contribution in [0.3, 0.4) is 0 Å². The van der Waals surface area contributed by atoms with Gasteiger partial charge in [0, 0.05) is 11.4 Å². The maximum absolute atomic E-state index is 6.04. The van der Waals surface area contributed by atoms with Crippen LogP contribution in [0.5, 0.6) is 0 Å². The quantitative estimate of drug-likeness (QED) is 0.862. The number of hydrogen-bond donors (Lipinski definition) is 1. The second-order valence-corrected chi connectivity index (χ2v) is 4.62. The van der Waals surface area contributed by atoms with E-state index in [1.165, 1.54) is 5.56 Å². The minimum absolute atomic E-state index is 0.135. The Labute approximate surface area is 108 Å². The molecule has 0 bridgehead atoms. The monoisotopic (exact) mass is 251 g/mol. The van der Waals surface area contributed by atoms with E-state index in [9.17, 15) is 0 Å². The Hall–Kier alpha value is -0.990. The van der Waals surface area contributed by atoms with Crippen molar-refractivity contribution >= 4 is 11.6 Å². The molecule has 1 N–H and O–H groups in total. The lowest BCUT2D eigenvalue weighted by Crippen LogP contribution is -2.24. The van der Waals surface area contributed by atoms with Gasteiger partial charge in [-0.2, -0.15) is 0 Å². The molecule has 1 aliphatic heterocycles. The lowest BCUT2D eigenvalue weighted by Gasteiger charge is -2.20. The third kappa shape index (κ3) is 3.24. The first-order valence-electron chi connectivity index (χ1n) is 6.13. The van der Waals surface area contributed by atoms with Gasteiger partial charge in [0.1, 0.15) is 5.76 Å². The van der Waals surface area contributed by atoms with Crippen molar-refractivity contribution in [3.63, 3.8) is 0 Å². The molecule has 0 saturated carbocycles. The Morgan fingerprint density at radius 1 is 1.47 bits per heavy atom. The van der Waals surface area contributed by atoms with Crippen LogP contribution in [-0.4, -0.2) is 13.2 Å². The van der Waals surface area contributed by atoms with Gasteiger partial charge in [0.05, 0.1) is 12.6 Å². The van der Waals surface area contributed by atoms with E-state index in [1.807, 2.05) is 18.2 Å². The van der Waals surface area contributed by atoms with Crippen LogP contribution < -0.4 is 5.32 Å². The fourth-order valence-corrected chi connectivity index (χ4v) is 2.19. The Morgan fingerprint density at radius 2 is 2.35 bits per heavy atom. The fourth-order valence-electron chi connectivity index (χ4n) is 2.00. The van der Waals surface area contributed by atoms with E-state index >= 15 is 0 Å². The lowest BCUT2D eigenvalue weighted by atomic mass is 10.0. The second-order valence-electron chi connectivity index (χ2n) is 4.19. The van der Waals surface area contributed by atoms with E-state index < -0.39 is 0 Å². The fraction of sp³-hybridized carbons (Fsp3) is 0.429. The van der Waals surface area contributed by atoms with Gasteiger partial charge in [-0.25, -0.2) is 0 Å². The zero-order valence-corrected chi connectivity index (χ0v) is 10.8. The Bertz CT molecular complexity index is 403. The molecule has 1 atom stereocenters. The molecule has 1 aromatic carbocycles. The average molecular weight is 252 g/mol. The van der Waals surface area contributed by atoms with Gasteiger partial charge in [-0.15, -0.1) is 0 Å². The summed E-state index contributed by atoms with van der Waals surface area (Å²) >= 11 is 6.04. The molecule has 3 heteroatoms. The molecular formula is C14H18ClNO. The molecule has 2 rings (SSSR count). The molecule has 0 saturated heterocycles. The molecule has 1 aromatic rings. The predicted octanol–water partition coefficient (Wildman–Crippen LogP) is 3.68. The first-order valence-corrected chi connectivity index (χ1v) is 6.50. The van der Waals surface area contributed by atoms with Gasteiger partial charge < -0.3 is 10.1 Å². The van der Waals surface area contributed by atoms with Gasteiger partial charge >= 0.3 is 0 Å². The summed E-state index contributed by atoms with van der Waals surface area (Å²) in [4.78, 5) is 0. The number of hydrogen-bond acceptors (Lipinski definition) is 2. The van der Waals surface area contributed by atoms with Gasteiger partial charge in [-0.3, -0.25) is 0 Å². The number of rotatable bonds is 5. The van der Waals surface area contributed by atoms with E-state index in [2.05, 4.69) is 24.4 Å². The van der Waals surface area contributed by atoms with Gasteiger partial charge in [0.2, 0.25) is 0 Å². The van der Waals surface area contributed by atoms with Crippen LogP contribution in [-0.2, 0) is 4.74 Å². The highest BCUT2D eigenvalue weighted by Gasteiger charge is 2.20. The van der Waals surface area contributed by atoms with Crippen LogP contribution in [0.25, 0.3) is 0 Å². The van der Waals surface area contributed by atoms with Crippen molar-refractivity contribution in [1.29, 1.82) is 0 Å². The molecule has 0 spiro atoms. The second kappa shape index (κ2) is 6.08. The molecule has 0 aliphatic carbocycles. The summed E-state index contributed by atoms with van der Waals surface area (Å²) in [6.07, 6.45) is 4.26. The van der Waals surface area contributed by atoms with Gasteiger partial charge in [0.25, 0.3) is 0 Å². The zero-order chi connectivity index (χ0) is 12.1. The zero-order valence-electron chi connectivity index (χ0n) is 10.1. The highest BCUT2D eigenvalue weighted by Crippen LogP contribution is 2.27. The first-order chi connectivity index (χ1) is 8.31. The maximum atomic E-state index is 6.04. The van der Waals surface area contributed by atoms with Gasteiger partial charge in [-0.05, 0) is 36.7 Å². The van der Waals surface area contributed by atoms with Crippen molar-refractivity contribution in [2.45, 2.75) is 25.8 Å². The largest absolute Gasteiger partial charge is 0.496 e.